The Bertz CT molecular complexity index is 700. The normalized spacial score (nSPS) is 18.2. The van der Waals surface area contributed by atoms with Crippen LogP contribution in [-0.2, 0) is 24.2 Å². The average Bonchev–Trinajstić information content (AvgIpc) is 2.63. The van der Waals surface area contributed by atoms with E-state index >= 15 is 0 Å². The Morgan fingerprint density at radius 2 is 2.17 bits per heavy atom. The van der Waals surface area contributed by atoms with E-state index in [0.717, 1.165) is 63.7 Å². The molecule has 2 aliphatic rings. The highest BCUT2D eigenvalue weighted by atomic mass is 16.5. The third-order valence-corrected chi connectivity index (χ3v) is 4.51. The Labute approximate surface area is 142 Å². The molecule has 126 valence electrons. The van der Waals surface area contributed by atoms with Crippen LogP contribution in [0, 0.1) is 0 Å². The maximum atomic E-state index is 5.41. The zero-order chi connectivity index (χ0) is 16.2. The zero-order valence-electron chi connectivity index (χ0n) is 13.8. The molecule has 0 atom stereocenters. The molecule has 1 saturated heterocycles. The summed E-state index contributed by atoms with van der Waals surface area (Å²) >= 11 is 0. The summed E-state index contributed by atoms with van der Waals surface area (Å²) in [5, 5.41) is 6.69. The van der Waals surface area contributed by atoms with Gasteiger partial charge in [-0.15, -0.1) is 0 Å². The SMILES string of the molecule is c1cc(CN2CCOCC2)cc(Nc2ncc3c(n2)CNCC3)c1. The minimum Gasteiger partial charge on any atom is -0.379 e. The number of hydrogen-bond acceptors (Lipinski definition) is 6. The molecule has 1 fully saturated rings. The van der Waals surface area contributed by atoms with Crippen molar-refractivity contribution < 1.29 is 4.74 Å². The highest BCUT2D eigenvalue weighted by Crippen LogP contribution is 2.18. The molecule has 0 bridgehead atoms. The van der Waals surface area contributed by atoms with Gasteiger partial charge in [-0.25, -0.2) is 9.97 Å². The second-order valence-electron chi connectivity index (χ2n) is 6.31. The molecule has 0 amide bonds. The molecule has 1 aromatic carbocycles. The fourth-order valence-corrected chi connectivity index (χ4v) is 3.19. The first-order valence-electron chi connectivity index (χ1n) is 8.58. The average molecular weight is 325 g/mol. The monoisotopic (exact) mass is 325 g/mol. The van der Waals surface area contributed by atoms with E-state index in [-0.39, 0.29) is 0 Å². The van der Waals surface area contributed by atoms with Gasteiger partial charge in [-0.3, -0.25) is 4.90 Å². The van der Waals surface area contributed by atoms with Crippen molar-refractivity contribution in [2.75, 3.05) is 38.2 Å². The van der Waals surface area contributed by atoms with Gasteiger partial charge in [0.2, 0.25) is 5.95 Å². The van der Waals surface area contributed by atoms with Crippen LogP contribution in [0.5, 0.6) is 0 Å². The molecule has 0 spiro atoms. The molecular weight excluding hydrogens is 302 g/mol. The van der Waals surface area contributed by atoms with E-state index in [2.05, 4.69) is 49.8 Å². The summed E-state index contributed by atoms with van der Waals surface area (Å²) < 4.78 is 5.41. The van der Waals surface area contributed by atoms with Crippen LogP contribution in [-0.4, -0.2) is 47.7 Å². The van der Waals surface area contributed by atoms with E-state index in [1.807, 2.05) is 6.20 Å². The van der Waals surface area contributed by atoms with Gasteiger partial charge in [0.15, 0.2) is 0 Å². The maximum Gasteiger partial charge on any atom is 0.227 e. The summed E-state index contributed by atoms with van der Waals surface area (Å²) in [6, 6.07) is 8.48. The van der Waals surface area contributed by atoms with Crippen LogP contribution in [0.15, 0.2) is 30.5 Å². The Kier molecular flexibility index (Phi) is 4.69. The Morgan fingerprint density at radius 1 is 1.25 bits per heavy atom. The summed E-state index contributed by atoms with van der Waals surface area (Å²) in [7, 11) is 0. The van der Waals surface area contributed by atoms with Gasteiger partial charge in [0.1, 0.15) is 0 Å². The van der Waals surface area contributed by atoms with Gasteiger partial charge in [-0.2, -0.15) is 0 Å². The first kappa shape index (κ1) is 15.5. The number of rotatable bonds is 4. The molecule has 0 radical (unpaired) electrons. The number of hydrogen-bond donors (Lipinski definition) is 2. The van der Waals surface area contributed by atoms with Crippen molar-refractivity contribution in [3.63, 3.8) is 0 Å². The number of nitrogens with one attached hydrogen (secondary N) is 2. The summed E-state index contributed by atoms with van der Waals surface area (Å²) in [6.45, 7) is 6.44. The molecule has 1 aromatic heterocycles. The van der Waals surface area contributed by atoms with E-state index in [9.17, 15) is 0 Å². The number of benzene rings is 1. The quantitative estimate of drug-likeness (QED) is 0.892. The fraction of sp³-hybridized carbons (Fsp3) is 0.444. The molecule has 3 heterocycles. The Balaban J connectivity index is 1.45. The van der Waals surface area contributed by atoms with Gasteiger partial charge in [0, 0.05) is 38.1 Å². The number of nitrogens with zero attached hydrogens (tertiary/aromatic N) is 3. The van der Waals surface area contributed by atoms with Crippen LogP contribution in [0.2, 0.25) is 0 Å². The van der Waals surface area contributed by atoms with Crippen LogP contribution in [0.25, 0.3) is 0 Å². The number of morpholine rings is 1. The molecule has 6 nitrogen and oxygen atoms in total. The molecule has 2 N–H and O–H groups in total. The summed E-state index contributed by atoms with van der Waals surface area (Å²) in [5.41, 5.74) is 4.68. The second-order valence-corrected chi connectivity index (χ2v) is 6.31. The fourth-order valence-electron chi connectivity index (χ4n) is 3.19. The van der Waals surface area contributed by atoms with E-state index in [4.69, 9.17) is 4.74 Å². The minimum absolute atomic E-state index is 0.668. The maximum absolute atomic E-state index is 5.41. The van der Waals surface area contributed by atoms with Gasteiger partial charge in [0.05, 0.1) is 18.9 Å². The van der Waals surface area contributed by atoms with Crippen molar-refractivity contribution in [3.05, 3.63) is 47.3 Å². The van der Waals surface area contributed by atoms with E-state index < -0.39 is 0 Å². The van der Waals surface area contributed by atoms with Crippen molar-refractivity contribution in [1.82, 2.24) is 20.2 Å². The highest BCUT2D eigenvalue weighted by molar-refractivity contribution is 5.54. The van der Waals surface area contributed by atoms with Gasteiger partial charge >= 0.3 is 0 Å². The van der Waals surface area contributed by atoms with E-state index in [1.165, 1.54) is 11.1 Å². The van der Waals surface area contributed by atoms with E-state index in [0.29, 0.717) is 5.95 Å². The van der Waals surface area contributed by atoms with Crippen molar-refractivity contribution in [2.45, 2.75) is 19.5 Å². The summed E-state index contributed by atoms with van der Waals surface area (Å²) in [5.74, 6) is 0.668. The molecule has 24 heavy (non-hydrogen) atoms. The lowest BCUT2D eigenvalue weighted by Crippen LogP contribution is -2.35. The van der Waals surface area contributed by atoms with Crippen molar-refractivity contribution in [2.24, 2.45) is 0 Å². The zero-order valence-corrected chi connectivity index (χ0v) is 13.8. The van der Waals surface area contributed by atoms with Gasteiger partial charge in [0.25, 0.3) is 0 Å². The van der Waals surface area contributed by atoms with Crippen molar-refractivity contribution in [1.29, 1.82) is 0 Å². The van der Waals surface area contributed by atoms with Crippen molar-refractivity contribution >= 4 is 11.6 Å². The van der Waals surface area contributed by atoms with Gasteiger partial charge in [-0.05, 0) is 36.2 Å². The number of anilines is 2. The smallest absolute Gasteiger partial charge is 0.227 e. The highest BCUT2D eigenvalue weighted by Gasteiger charge is 2.13. The third-order valence-electron chi connectivity index (χ3n) is 4.51. The standard InChI is InChI=1S/C18H23N5O/c1-2-14(13-23-6-8-24-9-7-23)10-16(3-1)21-18-20-11-15-4-5-19-12-17(15)22-18/h1-3,10-11,19H,4-9,12-13H2,(H,20,21,22). The molecule has 4 rings (SSSR count). The molecule has 0 unspecified atom stereocenters. The minimum atomic E-state index is 0.668. The number of ether oxygens (including phenoxy) is 1. The van der Waals surface area contributed by atoms with Crippen LogP contribution >= 0.6 is 0 Å². The number of fused-ring (bicyclic) bond motifs is 1. The van der Waals surface area contributed by atoms with Gasteiger partial charge in [-0.1, -0.05) is 12.1 Å². The number of aromatic nitrogens is 2. The predicted molar refractivity (Wildman–Crippen MR) is 93.3 cm³/mol. The molecule has 2 aromatic rings. The lowest BCUT2D eigenvalue weighted by molar-refractivity contribution is 0.0342. The molecule has 6 heteroatoms. The Hall–Kier alpha value is -2.02. The van der Waals surface area contributed by atoms with Gasteiger partial charge < -0.3 is 15.4 Å². The first-order chi connectivity index (χ1) is 11.9. The third kappa shape index (κ3) is 3.72. The summed E-state index contributed by atoms with van der Waals surface area (Å²) in [6.07, 6.45) is 2.95. The summed E-state index contributed by atoms with van der Waals surface area (Å²) in [4.78, 5) is 11.5. The predicted octanol–water partition coefficient (Wildman–Crippen LogP) is 1.70. The van der Waals surface area contributed by atoms with Crippen LogP contribution in [0.3, 0.4) is 0 Å². The van der Waals surface area contributed by atoms with Crippen LogP contribution < -0.4 is 10.6 Å². The lowest BCUT2D eigenvalue weighted by Gasteiger charge is -2.26. The molecule has 0 aliphatic carbocycles. The van der Waals surface area contributed by atoms with Crippen LogP contribution in [0.4, 0.5) is 11.6 Å². The molecule has 2 aliphatic heterocycles. The second kappa shape index (κ2) is 7.25. The van der Waals surface area contributed by atoms with Crippen molar-refractivity contribution in [3.8, 4) is 0 Å². The first-order valence-corrected chi connectivity index (χ1v) is 8.58. The lowest BCUT2D eigenvalue weighted by atomic mass is 10.1. The Morgan fingerprint density at radius 3 is 3.08 bits per heavy atom. The molecule has 0 saturated carbocycles. The van der Waals surface area contributed by atoms with Crippen LogP contribution in [0.1, 0.15) is 16.8 Å². The van der Waals surface area contributed by atoms with E-state index in [1.54, 1.807) is 0 Å². The topological polar surface area (TPSA) is 62.3 Å². The molecular formula is C18H23N5O. The largest absolute Gasteiger partial charge is 0.379 e.